The van der Waals surface area contributed by atoms with Crippen LogP contribution in [0.2, 0.25) is 0 Å². The normalized spacial score (nSPS) is 19.3. The number of fused-ring (bicyclic) bond motifs is 2. The molecule has 2 atom stereocenters. The van der Waals surface area contributed by atoms with Gasteiger partial charge in [-0.15, -0.1) is 0 Å². The molecule has 43 heavy (non-hydrogen) atoms. The molecule has 1 unspecified atom stereocenters. The van der Waals surface area contributed by atoms with Crippen LogP contribution in [-0.2, 0) is 24.4 Å². The first kappa shape index (κ1) is 27.5. The number of rotatable bonds is 9. The Morgan fingerprint density at radius 3 is 2.70 bits per heavy atom. The molecule has 0 bridgehead atoms. The van der Waals surface area contributed by atoms with Crippen molar-refractivity contribution in [2.75, 3.05) is 19.7 Å². The van der Waals surface area contributed by atoms with Gasteiger partial charge in [0.2, 0.25) is 5.88 Å². The second-order valence-electron chi connectivity index (χ2n) is 11.5. The summed E-state index contributed by atoms with van der Waals surface area (Å²) in [6.07, 6.45) is 6.17. The van der Waals surface area contributed by atoms with Crippen LogP contribution in [0.4, 0.5) is 0 Å². The van der Waals surface area contributed by atoms with Crippen LogP contribution in [0.1, 0.15) is 59.2 Å². The van der Waals surface area contributed by atoms with E-state index in [0.29, 0.717) is 31.5 Å². The van der Waals surface area contributed by atoms with E-state index < -0.39 is 5.97 Å². The average molecular weight is 578 g/mol. The lowest BCUT2D eigenvalue weighted by atomic mass is 9.96. The van der Waals surface area contributed by atoms with Gasteiger partial charge in [0.15, 0.2) is 0 Å². The van der Waals surface area contributed by atoms with E-state index in [9.17, 15) is 9.90 Å². The smallest absolute Gasteiger partial charge is 0.335 e. The molecule has 7 rings (SSSR count). The number of imidazole rings is 1. The molecule has 2 saturated heterocycles. The van der Waals surface area contributed by atoms with E-state index in [1.54, 1.807) is 12.1 Å². The first-order chi connectivity index (χ1) is 21.1. The van der Waals surface area contributed by atoms with Crippen LogP contribution in [0.5, 0.6) is 5.88 Å². The van der Waals surface area contributed by atoms with Crippen LogP contribution in [0, 0.1) is 0 Å². The van der Waals surface area contributed by atoms with Gasteiger partial charge in [-0.3, -0.25) is 9.88 Å². The predicted octanol–water partition coefficient (Wildman–Crippen LogP) is 5.82. The van der Waals surface area contributed by atoms with Crippen molar-refractivity contribution in [1.29, 1.82) is 0 Å². The number of hydrogen-bond donors (Lipinski definition) is 1. The van der Waals surface area contributed by atoms with Gasteiger partial charge < -0.3 is 19.1 Å². The van der Waals surface area contributed by atoms with Crippen LogP contribution in [0.25, 0.3) is 21.8 Å². The minimum absolute atomic E-state index is 0.149. The molecule has 0 radical (unpaired) electrons. The summed E-state index contributed by atoms with van der Waals surface area (Å²) in [6, 6.07) is 21.5. The van der Waals surface area contributed by atoms with Crippen molar-refractivity contribution in [3.63, 3.8) is 0 Å². The highest BCUT2D eigenvalue weighted by molar-refractivity contribution is 5.92. The summed E-state index contributed by atoms with van der Waals surface area (Å²) in [6.45, 7) is 4.47. The van der Waals surface area contributed by atoms with Gasteiger partial charge in [0.25, 0.3) is 0 Å². The van der Waals surface area contributed by atoms with Gasteiger partial charge in [-0.2, -0.15) is 0 Å². The van der Waals surface area contributed by atoms with Gasteiger partial charge in [0.05, 0.1) is 41.5 Å². The topological polar surface area (TPSA) is 103 Å². The Morgan fingerprint density at radius 2 is 1.86 bits per heavy atom. The Morgan fingerprint density at radius 1 is 0.977 bits per heavy atom. The molecule has 2 fully saturated rings. The quantitative estimate of drug-likeness (QED) is 0.234. The summed E-state index contributed by atoms with van der Waals surface area (Å²) in [7, 11) is 0. The van der Waals surface area contributed by atoms with Crippen LogP contribution < -0.4 is 4.74 Å². The minimum atomic E-state index is -0.928. The SMILES string of the molecule is O=C(O)c1ccc2nc(CN3CCCC(c4cccc(OCc5cc6ccccc6cn5)n4)CC3)n(C[C@@H]3CCO3)c2c1. The van der Waals surface area contributed by atoms with Crippen molar-refractivity contribution in [1.82, 2.24) is 24.4 Å². The molecule has 0 aliphatic carbocycles. The number of benzene rings is 2. The molecule has 2 aliphatic heterocycles. The number of ether oxygens (including phenoxy) is 2. The van der Waals surface area contributed by atoms with Crippen LogP contribution >= 0.6 is 0 Å². The number of likely N-dealkylation sites (tertiary alicyclic amines) is 1. The number of carbonyl (C=O) groups is 1. The average Bonchev–Trinajstić information content (AvgIpc) is 3.16. The lowest BCUT2D eigenvalue weighted by Gasteiger charge is -2.28. The summed E-state index contributed by atoms with van der Waals surface area (Å²) in [5.41, 5.74) is 3.91. The van der Waals surface area contributed by atoms with Crippen molar-refractivity contribution in [3.05, 3.63) is 95.7 Å². The maximum atomic E-state index is 11.6. The number of nitrogens with zero attached hydrogens (tertiary/aromatic N) is 5. The zero-order valence-electron chi connectivity index (χ0n) is 24.1. The van der Waals surface area contributed by atoms with E-state index >= 15 is 0 Å². The van der Waals surface area contributed by atoms with Crippen molar-refractivity contribution >= 4 is 27.8 Å². The Balaban J connectivity index is 1.02. The fourth-order valence-electron chi connectivity index (χ4n) is 6.17. The summed E-state index contributed by atoms with van der Waals surface area (Å²) in [4.78, 5) is 28.5. The van der Waals surface area contributed by atoms with Crippen molar-refractivity contribution in [2.45, 2.75) is 57.4 Å². The number of pyridine rings is 2. The number of carboxylic acids is 1. The lowest BCUT2D eigenvalue weighted by Crippen LogP contribution is -2.33. The van der Waals surface area contributed by atoms with Crippen LogP contribution in [0.15, 0.2) is 72.9 Å². The Labute approximate surface area is 250 Å². The fraction of sp³-hybridized carbons (Fsp3) is 0.353. The van der Waals surface area contributed by atoms with Gasteiger partial charge >= 0.3 is 5.97 Å². The zero-order chi connectivity index (χ0) is 29.2. The second kappa shape index (κ2) is 12.1. The molecule has 220 valence electrons. The molecule has 2 aliphatic rings. The molecule has 0 spiro atoms. The standard InChI is InChI=1S/C34H35N5O4/c40-34(41)25-10-11-30-31(18-25)39(20-28-13-16-42-28)32(36-30)21-38-14-4-7-23(12-15-38)29-8-3-9-33(37-29)43-22-27-17-24-5-1-2-6-26(24)19-35-27/h1-3,5-6,8-11,17-19,23,28H,4,7,12-16,20-22H2,(H,40,41)/t23?,28-/m0/s1. The van der Waals surface area contributed by atoms with Crippen molar-refractivity contribution in [3.8, 4) is 5.88 Å². The summed E-state index contributed by atoms with van der Waals surface area (Å²) in [5.74, 6) is 1.01. The van der Waals surface area contributed by atoms with Gasteiger partial charge in [-0.25, -0.2) is 14.8 Å². The number of aromatic carboxylic acids is 1. The third-order valence-electron chi connectivity index (χ3n) is 8.66. The van der Waals surface area contributed by atoms with Crippen LogP contribution in [0.3, 0.4) is 0 Å². The first-order valence-corrected chi connectivity index (χ1v) is 15.1. The van der Waals surface area contributed by atoms with Crippen LogP contribution in [-0.4, -0.2) is 61.3 Å². The van der Waals surface area contributed by atoms with Gasteiger partial charge in [0, 0.05) is 35.9 Å². The second-order valence-corrected chi connectivity index (χ2v) is 11.5. The molecular formula is C34H35N5O4. The number of hydrogen-bond acceptors (Lipinski definition) is 7. The van der Waals surface area contributed by atoms with Gasteiger partial charge in [0.1, 0.15) is 12.4 Å². The molecule has 2 aromatic carbocycles. The molecule has 0 amide bonds. The summed E-state index contributed by atoms with van der Waals surface area (Å²) >= 11 is 0. The molecule has 9 nitrogen and oxygen atoms in total. The van der Waals surface area contributed by atoms with Crippen molar-refractivity contribution < 1.29 is 19.4 Å². The van der Waals surface area contributed by atoms with E-state index in [1.165, 1.54) is 0 Å². The van der Waals surface area contributed by atoms with E-state index in [2.05, 4.69) is 38.7 Å². The summed E-state index contributed by atoms with van der Waals surface area (Å²) in [5, 5.41) is 11.8. The maximum Gasteiger partial charge on any atom is 0.335 e. The first-order valence-electron chi connectivity index (χ1n) is 15.1. The number of carboxylic acid groups (broad SMARTS) is 1. The molecular weight excluding hydrogens is 542 g/mol. The lowest BCUT2D eigenvalue weighted by molar-refractivity contribution is -0.0592. The minimum Gasteiger partial charge on any atom is -0.478 e. The Hall–Kier alpha value is -4.34. The molecule has 5 aromatic rings. The zero-order valence-corrected chi connectivity index (χ0v) is 24.1. The van der Waals surface area contributed by atoms with Gasteiger partial charge in [-0.1, -0.05) is 30.3 Å². The van der Waals surface area contributed by atoms with E-state index in [0.717, 1.165) is 84.4 Å². The number of aromatic nitrogens is 4. The monoisotopic (exact) mass is 577 g/mol. The highest BCUT2D eigenvalue weighted by Gasteiger charge is 2.25. The largest absolute Gasteiger partial charge is 0.478 e. The van der Waals surface area contributed by atoms with E-state index in [-0.39, 0.29) is 11.7 Å². The Kier molecular flexibility index (Phi) is 7.74. The summed E-state index contributed by atoms with van der Waals surface area (Å²) < 4.78 is 14.0. The van der Waals surface area contributed by atoms with E-state index in [1.807, 2.05) is 36.5 Å². The highest BCUT2D eigenvalue weighted by atomic mass is 16.5. The molecule has 9 heteroatoms. The van der Waals surface area contributed by atoms with Gasteiger partial charge in [-0.05, 0) is 74.5 Å². The highest BCUT2D eigenvalue weighted by Crippen LogP contribution is 2.30. The molecule has 0 saturated carbocycles. The molecule has 5 heterocycles. The fourth-order valence-corrected chi connectivity index (χ4v) is 6.17. The third-order valence-corrected chi connectivity index (χ3v) is 8.66. The molecule has 1 N–H and O–H groups in total. The Bertz CT molecular complexity index is 1760. The van der Waals surface area contributed by atoms with Crippen molar-refractivity contribution in [2.24, 2.45) is 0 Å². The van der Waals surface area contributed by atoms with E-state index in [4.69, 9.17) is 19.4 Å². The third kappa shape index (κ3) is 6.09. The maximum absolute atomic E-state index is 11.6. The predicted molar refractivity (Wildman–Crippen MR) is 163 cm³/mol. The molecule has 3 aromatic heterocycles.